The van der Waals surface area contributed by atoms with E-state index < -0.39 is 24.3 Å². The van der Waals surface area contributed by atoms with Gasteiger partial charge in [-0.3, -0.25) is 4.79 Å². The van der Waals surface area contributed by atoms with Gasteiger partial charge in [0.05, 0.1) is 18.3 Å². The molecule has 0 spiro atoms. The topological polar surface area (TPSA) is 111 Å². The monoisotopic (exact) mass is 392 g/mol. The number of unbranched alkanes of at least 4 members (excludes halogenated alkanes) is 1. The number of allylic oxidation sites excluding steroid dienone is 2. The molecule has 1 fully saturated rings. The van der Waals surface area contributed by atoms with E-state index in [-0.39, 0.29) is 18.3 Å². The maximum absolute atomic E-state index is 10.5. The van der Waals surface area contributed by atoms with Gasteiger partial charge in [-0.05, 0) is 50.7 Å². The van der Waals surface area contributed by atoms with Gasteiger partial charge in [0.15, 0.2) is 0 Å². The molecule has 2 rings (SSSR count). The first-order valence-electron chi connectivity index (χ1n) is 10.0. The van der Waals surface area contributed by atoms with E-state index in [1.807, 2.05) is 37.3 Å². The van der Waals surface area contributed by atoms with Gasteiger partial charge in [0.25, 0.3) is 0 Å². The van der Waals surface area contributed by atoms with Gasteiger partial charge < -0.3 is 24.8 Å². The molecule has 1 saturated carbocycles. The van der Waals surface area contributed by atoms with E-state index in [1.165, 1.54) is 0 Å². The molecular weight excluding hydrogens is 360 g/mol. The Hall–Kier alpha value is -1.89. The highest BCUT2D eigenvalue weighted by molar-refractivity contribution is 5.66. The van der Waals surface area contributed by atoms with Gasteiger partial charge in [-0.2, -0.15) is 0 Å². The predicted octanol–water partition coefficient (Wildman–Crippen LogP) is 3.00. The van der Waals surface area contributed by atoms with Crippen LogP contribution in [0.1, 0.15) is 50.0 Å². The lowest BCUT2D eigenvalue weighted by Gasteiger charge is -2.19. The smallest absolute Gasteiger partial charge is 0.303 e. The summed E-state index contributed by atoms with van der Waals surface area (Å²) >= 11 is 0. The largest absolute Gasteiger partial charge is 0.481 e. The first-order valence-corrected chi connectivity index (χ1v) is 10.0. The second-order valence-corrected chi connectivity index (χ2v) is 7.61. The van der Waals surface area contributed by atoms with Crippen LogP contribution < -0.4 is 0 Å². The van der Waals surface area contributed by atoms with Crippen molar-refractivity contribution in [3.05, 3.63) is 48.0 Å². The molecule has 6 nitrogen and oxygen atoms in total. The third kappa shape index (κ3) is 7.26. The van der Waals surface area contributed by atoms with E-state index in [0.717, 1.165) is 11.5 Å². The second kappa shape index (κ2) is 11.2. The Balaban J connectivity index is 1.81. The highest BCUT2D eigenvalue weighted by atomic mass is 16.4. The van der Waals surface area contributed by atoms with Gasteiger partial charge in [0.2, 0.25) is 0 Å². The number of rotatable bonds is 11. The Bertz CT molecular complexity index is 662. The Morgan fingerprint density at radius 3 is 2.75 bits per heavy atom. The lowest BCUT2D eigenvalue weighted by Crippen LogP contribution is -2.20. The van der Waals surface area contributed by atoms with E-state index in [9.17, 15) is 20.1 Å². The van der Waals surface area contributed by atoms with Crippen molar-refractivity contribution in [2.75, 3.05) is 0 Å². The van der Waals surface area contributed by atoms with Crippen LogP contribution in [0.2, 0.25) is 0 Å². The van der Waals surface area contributed by atoms with E-state index in [1.54, 1.807) is 6.08 Å². The zero-order valence-corrected chi connectivity index (χ0v) is 16.4. The minimum absolute atomic E-state index is 0.109. The number of furan rings is 1. The minimum atomic E-state index is -0.798. The van der Waals surface area contributed by atoms with Crippen molar-refractivity contribution in [3.8, 4) is 0 Å². The van der Waals surface area contributed by atoms with Crippen molar-refractivity contribution in [2.24, 2.45) is 11.8 Å². The number of hydrogen-bond acceptors (Lipinski definition) is 5. The van der Waals surface area contributed by atoms with Crippen molar-refractivity contribution in [2.45, 2.75) is 70.2 Å². The number of aliphatic hydroxyl groups excluding tert-OH is 3. The fourth-order valence-corrected chi connectivity index (χ4v) is 3.71. The van der Waals surface area contributed by atoms with Crippen molar-refractivity contribution in [1.82, 2.24) is 0 Å². The summed E-state index contributed by atoms with van der Waals surface area (Å²) in [6.07, 6.45) is 9.08. The number of carboxylic acids is 1. The molecular formula is C22H32O6. The molecule has 1 aromatic rings. The molecule has 3 unspecified atom stereocenters. The van der Waals surface area contributed by atoms with Crippen LogP contribution >= 0.6 is 0 Å². The zero-order valence-electron chi connectivity index (χ0n) is 16.4. The number of aliphatic carboxylic acids is 1. The molecule has 1 heterocycles. The summed E-state index contributed by atoms with van der Waals surface area (Å²) in [7, 11) is 0. The Morgan fingerprint density at radius 2 is 2.07 bits per heavy atom. The van der Waals surface area contributed by atoms with E-state index in [2.05, 4.69) is 0 Å². The molecule has 28 heavy (non-hydrogen) atoms. The molecule has 5 atom stereocenters. The first-order chi connectivity index (χ1) is 13.4. The lowest BCUT2D eigenvalue weighted by atomic mass is 9.89. The summed E-state index contributed by atoms with van der Waals surface area (Å²) in [5, 5.41) is 39.3. The molecule has 6 heteroatoms. The average molecular weight is 392 g/mol. The molecule has 0 bridgehead atoms. The van der Waals surface area contributed by atoms with Crippen molar-refractivity contribution in [1.29, 1.82) is 0 Å². The number of carboxylic acid groups (broad SMARTS) is 1. The first kappa shape index (κ1) is 22.4. The number of hydrogen-bond donors (Lipinski definition) is 4. The van der Waals surface area contributed by atoms with Crippen LogP contribution in [0, 0.1) is 18.8 Å². The molecule has 0 radical (unpaired) electrons. The zero-order chi connectivity index (χ0) is 20.5. The number of aliphatic hydroxyl groups is 3. The van der Waals surface area contributed by atoms with Gasteiger partial charge >= 0.3 is 5.97 Å². The predicted molar refractivity (Wildman–Crippen MR) is 106 cm³/mol. The van der Waals surface area contributed by atoms with E-state index >= 15 is 0 Å². The highest BCUT2D eigenvalue weighted by Crippen LogP contribution is 2.36. The Kier molecular flexibility index (Phi) is 8.96. The Morgan fingerprint density at radius 1 is 1.29 bits per heavy atom. The fourth-order valence-electron chi connectivity index (χ4n) is 3.71. The Labute approximate surface area is 166 Å². The van der Waals surface area contributed by atoms with Crippen LogP contribution in [0.25, 0.3) is 0 Å². The van der Waals surface area contributed by atoms with Crippen molar-refractivity contribution < 1.29 is 29.6 Å². The second-order valence-electron chi connectivity index (χ2n) is 7.61. The maximum Gasteiger partial charge on any atom is 0.303 e. The van der Waals surface area contributed by atoms with Crippen molar-refractivity contribution >= 4 is 5.97 Å². The van der Waals surface area contributed by atoms with E-state index in [0.29, 0.717) is 38.5 Å². The highest BCUT2D eigenvalue weighted by Gasteiger charge is 2.39. The van der Waals surface area contributed by atoms with Crippen LogP contribution in [0.5, 0.6) is 0 Å². The van der Waals surface area contributed by atoms with Crippen molar-refractivity contribution in [3.63, 3.8) is 0 Å². The maximum atomic E-state index is 10.5. The summed E-state index contributed by atoms with van der Waals surface area (Å²) in [6, 6.07) is 3.80. The minimum Gasteiger partial charge on any atom is -0.481 e. The molecule has 1 aliphatic rings. The molecule has 0 saturated heterocycles. The summed E-state index contributed by atoms with van der Waals surface area (Å²) in [6.45, 7) is 1.88. The molecule has 1 aliphatic carbocycles. The van der Waals surface area contributed by atoms with Gasteiger partial charge in [-0.25, -0.2) is 0 Å². The third-order valence-electron chi connectivity index (χ3n) is 5.29. The molecule has 0 aromatic carbocycles. The van der Waals surface area contributed by atoms with Gasteiger partial charge in [-0.15, -0.1) is 0 Å². The average Bonchev–Trinajstić information content (AvgIpc) is 3.16. The van der Waals surface area contributed by atoms with Gasteiger partial charge in [0.1, 0.15) is 11.5 Å². The van der Waals surface area contributed by atoms with E-state index in [4.69, 9.17) is 9.52 Å². The quantitative estimate of drug-likeness (QED) is 0.340. The summed E-state index contributed by atoms with van der Waals surface area (Å²) < 4.78 is 5.50. The fraction of sp³-hybridized carbons (Fsp3) is 0.591. The summed E-state index contributed by atoms with van der Waals surface area (Å²) in [5.41, 5.74) is 0. The lowest BCUT2D eigenvalue weighted by molar-refractivity contribution is -0.137. The van der Waals surface area contributed by atoms with Crippen LogP contribution in [0.15, 0.2) is 40.9 Å². The molecule has 4 N–H and O–H groups in total. The van der Waals surface area contributed by atoms with Crippen LogP contribution in [0.4, 0.5) is 0 Å². The van der Waals surface area contributed by atoms with Gasteiger partial charge in [0, 0.05) is 25.2 Å². The van der Waals surface area contributed by atoms with Crippen LogP contribution in [-0.2, 0) is 11.2 Å². The number of carbonyl (C=O) groups is 1. The SMILES string of the molecule is Cc1ccc(CCC(O)C=C[C@H]2C(O)CC(O)[C@@H]2CC=CCCCC(=O)O)o1. The number of aryl methyl sites for hydroxylation is 2. The summed E-state index contributed by atoms with van der Waals surface area (Å²) in [5.74, 6) is 0.573. The molecule has 156 valence electrons. The third-order valence-corrected chi connectivity index (χ3v) is 5.29. The van der Waals surface area contributed by atoms with Crippen LogP contribution in [0.3, 0.4) is 0 Å². The van der Waals surface area contributed by atoms with Crippen LogP contribution in [-0.4, -0.2) is 44.7 Å². The molecule has 1 aromatic heterocycles. The molecule has 0 aliphatic heterocycles. The normalized spacial score (nSPS) is 26.4. The van der Waals surface area contributed by atoms with Gasteiger partial charge in [-0.1, -0.05) is 24.3 Å². The molecule has 0 amide bonds. The standard InChI is InChI=1S/C22H32O6/c1-15-8-11-17(28-15)12-9-16(23)10-13-19-18(20(24)14-21(19)25)6-4-2-3-5-7-22(26)27/h2,4,8,10-11,13,16,18-21,23-25H,3,5-7,9,12,14H2,1H3,(H,26,27)/t16?,18-,19-,20?,21?/m1/s1. The summed E-state index contributed by atoms with van der Waals surface area (Å²) in [4.78, 5) is 10.5.